The second-order valence-electron chi connectivity index (χ2n) is 4.91. The van der Waals surface area contributed by atoms with Gasteiger partial charge in [-0.25, -0.2) is 4.79 Å². The van der Waals surface area contributed by atoms with Gasteiger partial charge in [-0.05, 0) is 26.0 Å². The van der Waals surface area contributed by atoms with Gasteiger partial charge in [0.1, 0.15) is 0 Å². The standard InChI is InChI=1S/C14H18N2O5/c1-9-4-3-5-10(6-9)12(18)15-7-11(17)16-8-14(2,21)13(19)20/h3-6,21H,7-8H2,1-2H3,(H,15,18)(H,16,17)(H,19,20). The van der Waals surface area contributed by atoms with Crippen molar-refractivity contribution in [3.8, 4) is 0 Å². The summed E-state index contributed by atoms with van der Waals surface area (Å²) in [6.45, 7) is 2.17. The number of benzene rings is 1. The van der Waals surface area contributed by atoms with E-state index in [2.05, 4.69) is 10.6 Å². The van der Waals surface area contributed by atoms with E-state index in [1.807, 2.05) is 13.0 Å². The molecule has 0 fully saturated rings. The Balaban J connectivity index is 2.43. The first-order valence-corrected chi connectivity index (χ1v) is 6.30. The van der Waals surface area contributed by atoms with Crippen molar-refractivity contribution in [1.29, 1.82) is 0 Å². The number of amides is 2. The van der Waals surface area contributed by atoms with Gasteiger partial charge in [0.2, 0.25) is 5.91 Å². The highest BCUT2D eigenvalue weighted by atomic mass is 16.4. The van der Waals surface area contributed by atoms with Gasteiger partial charge in [-0.3, -0.25) is 9.59 Å². The minimum absolute atomic E-state index is 0.303. The maximum absolute atomic E-state index is 11.8. The second-order valence-corrected chi connectivity index (χ2v) is 4.91. The van der Waals surface area contributed by atoms with E-state index in [4.69, 9.17) is 5.11 Å². The molecule has 114 valence electrons. The lowest BCUT2D eigenvalue weighted by Gasteiger charge is -2.18. The van der Waals surface area contributed by atoms with Crippen LogP contribution in [-0.2, 0) is 9.59 Å². The van der Waals surface area contributed by atoms with Crippen LogP contribution in [0.3, 0.4) is 0 Å². The highest BCUT2D eigenvalue weighted by Crippen LogP contribution is 2.03. The Hall–Kier alpha value is -2.41. The van der Waals surface area contributed by atoms with Gasteiger partial charge in [0.25, 0.3) is 5.91 Å². The predicted molar refractivity (Wildman–Crippen MR) is 74.8 cm³/mol. The molecule has 0 saturated carbocycles. The van der Waals surface area contributed by atoms with Crippen LogP contribution in [0.1, 0.15) is 22.8 Å². The third-order valence-corrected chi connectivity index (χ3v) is 2.78. The largest absolute Gasteiger partial charge is 0.479 e. The molecule has 1 aromatic carbocycles. The SMILES string of the molecule is Cc1cccc(C(=O)NCC(=O)NCC(C)(O)C(=O)O)c1. The van der Waals surface area contributed by atoms with E-state index in [0.29, 0.717) is 5.56 Å². The molecule has 1 aromatic rings. The first-order valence-electron chi connectivity index (χ1n) is 6.30. The van der Waals surface area contributed by atoms with Crippen LogP contribution in [0, 0.1) is 6.92 Å². The number of carbonyl (C=O) groups excluding carboxylic acids is 2. The number of carbonyl (C=O) groups is 3. The average Bonchev–Trinajstić information content (AvgIpc) is 2.42. The number of aryl methyl sites for hydroxylation is 1. The lowest BCUT2D eigenvalue weighted by molar-refractivity contribution is -0.156. The second kappa shape index (κ2) is 6.85. The maximum Gasteiger partial charge on any atom is 0.337 e. The molecule has 7 nitrogen and oxygen atoms in total. The lowest BCUT2D eigenvalue weighted by atomic mass is 10.1. The molecular weight excluding hydrogens is 276 g/mol. The van der Waals surface area contributed by atoms with Gasteiger partial charge in [-0.1, -0.05) is 17.7 Å². The minimum atomic E-state index is -2.05. The Labute approximate surface area is 122 Å². The highest BCUT2D eigenvalue weighted by Gasteiger charge is 2.30. The Morgan fingerprint density at radius 3 is 2.48 bits per heavy atom. The summed E-state index contributed by atoms with van der Waals surface area (Å²) in [4.78, 5) is 33.9. The molecule has 1 atom stereocenters. The van der Waals surface area contributed by atoms with Gasteiger partial charge in [0.05, 0.1) is 13.1 Å². The molecule has 2 amide bonds. The van der Waals surface area contributed by atoms with E-state index in [1.54, 1.807) is 18.2 Å². The van der Waals surface area contributed by atoms with Gasteiger partial charge in [0, 0.05) is 5.56 Å². The Bertz CT molecular complexity index is 554. The Morgan fingerprint density at radius 2 is 1.90 bits per heavy atom. The average molecular weight is 294 g/mol. The molecule has 21 heavy (non-hydrogen) atoms. The lowest BCUT2D eigenvalue weighted by Crippen LogP contribution is -2.48. The fraction of sp³-hybridized carbons (Fsp3) is 0.357. The topological polar surface area (TPSA) is 116 Å². The number of rotatable bonds is 6. The third-order valence-electron chi connectivity index (χ3n) is 2.78. The number of hydrogen-bond donors (Lipinski definition) is 4. The van der Waals surface area contributed by atoms with Crippen molar-refractivity contribution < 1.29 is 24.6 Å². The van der Waals surface area contributed by atoms with Crippen molar-refractivity contribution in [2.24, 2.45) is 0 Å². The smallest absolute Gasteiger partial charge is 0.337 e. The molecule has 0 aliphatic rings. The summed E-state index contributed by atoms with van der Waals surface area (Å²) in [5.41, 5.74) is -0.694. The van der Waals surface area contributed by atoms with E-state index in [-0.39, 0.29) is 6.54 Å². The number of hydrogen-bond acceptors (Lipinski definition) is 4. The van der Waals surface area contributed by atoms with E-state index in [1.165, 1.54) is 0 Å². The maximum atomic E-state index is 11.8. The predicted octanol–water partition coefficient (Wildman–Crippen LogP) is -0.323. The summed E-state index contributed by atoms with van der Waals surface area (Å²) in [5.74, 6) is -2.43. The monoisotopic (exact) mass is 294 g/mol. The zero-order valence-electron chi connectivity index (χ0n) is 11.8. The third kappa shape index (κ3) is 5.23. The molecule has 0 aliphatic heterocycles. The fourth-order valence-electron chi connectivity index (χ4n) is 1.46. The summed E-state index contributed by atoms with van der Waals surface area (Å²) in [5, 5.41) is 22.8. The zero-order chi connectivity index (χ0) is 16.0. The Kier molecular flexibility index (Phi) is 5.43. The van der Waals surface area contributed by atoms with E-state index in [0.717, 1.165) is 12.5 Å². The Morgan fingerprint density at radius 1 is 1.24 bits per heavy atom. The van der Waals surface area contributed by atoms with Crippen LogP contribution in [0.2, 0.25) is 0 Å². The first kappa shape index (κ1) is 16.6. The summed E-state index contributed by atoms with van der Waals surface area (Å²) in [7, 11) is 0. The number of aliphatic hydroxyl groups is 1. The van der Waals surface area contributed by atoms with Crippen molar-refractivity contribution in [1.82, 2.24) is 10.6 Å². The van der Waals surface area contributed by atoms with E-state index in [9.17, 15) is 19.5 Å². The fourth-order valence-corrected chi connectivity index (χ4v) is 1.46. The number of aliphatic carboxylic acids is 1. The van der Waals surface area contributed by atoms with Gasteiger partial charge >= 0.3 is 5.97 Å². The molecule has 0 radical (unpaired) electrons. The first-order chi connectivity index (χ1) is 9.72. The number of nitrogens with one attached hydrogen (secondary N) is 2. The van der Waals surface area contributed by atoms with E-state index >= 15 is 0 Å². The van der Waals surface area contributed by atoms with Crippen LogP contribution in [0.15, 0.2) is 24.3 Å². The van der Waals surface area contributed by atoms with Crippen LogP contribution in [-0.4, -0.2) is 46.7 Å². The summed E-state index contributed by atoms with van der Waals surface area (Å²) in [6, 6.07) is 6.88. The molecule has 7 heteroatoms. The summed E-state index contributed by atoms with van der Waals surface area (Å²) < 4.78 is 0. The molecule has 0 heterocycles. The summed E-state index contributed by atoms with van der Waals surface area (Å²) in [6.07, 6.45) is 0. The summed E-state index contributed by atoms with van der Waals surface area (Å²) >= 11 is 0. The zero-order valence-corrected chi connectivity index (χ0v) is 11.8. The molecule has 0 aromatic heterocycles. The molecule has 0 bridgehead atoms. The van der Waals surface area contributed by atoms with Crippen LogP contribution in [0.4, 0.5) is 0 Å². The van der Waals surface area contributed by atoms with Crippen molar-refractivity contribution >= 4 is 17.8 Å². The molecule has 0 spiro atoms. The molecule has 1 rings (SSSR count). The molecule has 0 saturated heterocycles. The van der Waals surface area contributed by atoms with Crippen LogP contribution >= 0.6 is 0 Å². The molecular formula is C14H18N2O5. The van der Waals surface area contributed by atoms with Gasteiger partial charge < -0.3 is 20.8 Å². The highest BCUT2D eigenvalue weighted by molar-refractivity contribution is 5.96. The number of carboxylic acids is 1. The van der Waals surface area contributed by atoms with Crippen LogP contribution < -0.4 is 10.6 Å². The normalized spacial score (nSPS) is 13.1. The molecule has 1 unspecified atom stereocenters. The van der Waals surface area contributed by atoms with E-state index < -0.39 is 29.9 Å². The quantitative estimate of drug-likeness (QED) is 0.574. The van der Waals surface area contributed by atoms with Gasteiger partial charge in [-0.2, -0.15) is 0 Å². The van der Waals surface area contributed by atoms with Crippen molar-refractivity contribution in [2.75, 3.05) is 13.1 Å². The van der Waals surface area contributed by atoms with Crippen LogP contribution in [0.25, 0.3) is 0 Å². The minimum Gasteiger partial charge on any atom is -0.479 e. The van der Waals surface area contributed by atoms with Crippen LogP contribution in [0.5, 0.6) is 0 Å². The van der Waals surface area contributed by atoms with Gasteiger partial charge in [0.15, 0.2) is 5.60 Å². The van der Waals surface area contributed by atoms with Gasteiger partial charge in [-0.15, -0.1) is 0 Å². The van der Waals surface area contributed by atoms with Crippen molar-refractivity contribution in [3.05, 3.63) is 35.4 Å². The molecule has 0 aliphatic carbocycles. The number of carboxylic acid groups (broad SMARTS) is 1. The van der Waals surface area contributed by atoms with Crippen molar-refractivity contribution in [3.63, 3.8) is 0 Å². The van der Waals surface area contributed by atoms with Crippen molar-refractivity contribution in [2.45, 2.75) is 19.4 Å². The molecule has 4 N–H and O–H groups in total.